The maximum absolute atomic E-state index is 11.5. The summed E-state index contributed by atoms with van der Waals surface area (Å²) in [5.41, 5.74) is 5.03. The molecule has 0 aromatic carbocycles. The molecule has 0 aliphatic carbocycles. The van der Waals surface area contributed by atoms with Gasteiger partial charge in [0.2, 0.25) is 5.91 Å². The first-order chi connectivity index (χ1) is 8.74. The van der Waals surface area contributed by atoms with E-state index in [9.17, 15) is 9.59 Å². The fraction of sp³-hybridized carbons (Fsp3) is 0.182. The third-order valence-corrected chi connectivity index (χ3v) is 1.83. The summed E-state index contributed by atoms with van der Waals surface area (Å²) in [6, 6.07) is 3.14. The molecule has 0 spiro atoms. The summed E-state index contributed by atoms with van der Waals surface area (Å²) in [5.74, 6) is -0.542. The molecule has 0 fully saturated rings. The molecule has 1 rings (SSSR count). The summed E-state index contributed by atoms with van der Waals surface area (Å²) < 4.78 is 0. The molecule has 18 heavy (non-hydrogen) atoms. The van der Waals surface area contributed by atoms with Crippen LogP contribution in [0.1, 0.15) is 23.7 Å². The Hall–Kier alpha value is -2.57. The fourth-order valence-corrected chi connectivity index (χ4v) is 0.919. The third kappa shape index (κ3) is 4.97. The smallest absolute Gasteiger partial charge is 0.271 e. The number of hydrogen-bond acceptors (Lipinski definition) is 5. The second-order valence-corrected chi connectivity index (χ2v) is 3.12. The highest BCUT2D eigenvalue weighted by molar-refractivity contribution is 6.16. The van der Waals surface area contributed by atoms with Gasteiger partial charge < -0.3 is 0 Å². The van der Waals surface area contributed by atoms with E-state index in [-0.39, 0.29) is 11.8 Å². The molecule has 2 amide bonds. The highest BCUT2D eigenvalue weighted by Crippen LogP contribution is 1.94. The fourth-order valence-electron chi connectivity index (χ4n) is 0.919. The predicted octanol–water partition coefficient (Wildman–Crippen LogP) is 0.309. The maximum Gasteiger partial charge on any atom is 0.271 e. The monoisotopic (exact) mass is 247 g/mol. The standard InChI is InChI=1S/C11H13N5O2/c1-2-10(17)15-13-7-8-14-16-11(18)9-3-5-12-6-4-9/h3-8H,2H2,1H3,(H,15,17)(H,16,18)/b13-7+,14-8+. The summed E-state index contributed by atoms with van der Waals surface area (Å²) >= 11 is 0. The van der Waals surface area contributed by atoms with Crippen LogP contribution in [0.25, 0.3) is 0 Å². The van der Waals surface area contributed by atoms with Crippen LogP contribution in [0.5, 0.6) is 0 Å². The summed E-state index contributed by atoms with van der Waals surface area (Å²) in [5, 5.41) is 7.20. The van der Waals surface area contributed by atoms with Gasteiger partial charge in [0.1, 0.15) is 0 Å². The summed E-state index contributed by atoms with van der Waals surface area (Å²) in [4.78, 5) is 26.1. The Balaban J connectivity index is 2.33. The van der Waals surface area contributed by atoms with E-state index in [0.717, 1.165) is 0 Å². The van der Waals surface area contributed by atoms with Crippen LogP contribution in [-0.2, 0) is 4.79 Å². The summed E-state index contributed by atoms with van der Waals surface area (Å²) in [7, 11) is 0. The minimum absolute atomic E-state index is 0.194. The second kappa shape index (κ2) is 7.66. The zero-order chi connectivity index (χ0) is 13.2. The van der Waals surface area contributed by atoms with Crippen molar-refractivity contribution in [3.8, 4) is 0 Å². The highest BCUT2D eigenvalue weighted by atomic mass is 16.2. The molecule has 1 aromatic heterocycles. The van der Waals surface area contributed by atoms with Crippen molar-refractivity contribution in [1.29, 1.82) is 0 Å². The van der Waals surface area contributed by atoms with Gasteiger partial charge in [-0.3, -0.25) is 14.6 Å². The molecule has 0 unspecified atom stereocenters. The van der Waals surface area contributed by atoms with E-state index in [1.54, 1.807) is 19.1 Å². The molecule has 0 saturated heterocycles. The molecular formula is C11H13N5O2. The van der Waals surface area contributed by atoms with Crippen molar-refractivity contribution < 1.29 is 9.59 Å². The van der Waals surface area contributed by atoms with Gasteiger partial charge in [0.25, 0.3) is 5.91 Å². The molecule has 7 nitrogen and oxygen atoms in total. The molecule has 0 saturated carbocycles. The summed E-state index contributed by atoms with van der Waals surface area (Å²) in [6.45, 7) is 1.72. The normalized spacial score (nSPS) is 10.7. The Labute approximate surface area is 104 Å². The number of rotatable bonds is 5. The minimum atomic E-state index is -0.348. The molecule has 0 radical (unpaired) electrons. The van der Waals surface area contributed by atoms with Crippen LogP contribution in [0, 0.1) is 0 Å². The number of aromatic nitrogens is 1. The first-order valence-electron chi connectivity index (χ1n) is 5.28. The molecule has 2 N–H and O–H groups in total. The number of hydrazone groups is 2. The van der Waals surface area contributed by atoms with Crippen molar-refractivity contribution in [3.05, 3.63) is 30.1 Å². The quantitative estimate of drug-likeness (QED) is 0.579. The first-order valence-corrected chi connectivity index (χ1v) is 5.28. The molecule has 1 heterocycles. The van der Waals surface area contributed by atoms with E-state index in [1.165, 1.54) is 24.8 Å². The molecule has 7 heteroatoms. The van der Waals surface area contributed by atoms with Gasteiger partial charge in [-0.05, 0) is 12.1 Å². The Morgan fingerprint density at radius 2 is 1.83 bits per heavy atom. The van der Waals surface area contributed by atoms with E-state index in [1.807, 2.05) is 0 Å². The Morgan fingerprint density at radius 1 is 1.22 bits per heavy atom. The predicted molar refractivity (Wildman–Crippen MR) is 67.1 cm³/mol. The average molecular weight is 247 g/mol. The average Bonchev–Trinajstić information content (AvgIpc) is 2.43. The van der Waals surface area contributed by atoms with Crippen LogP contribution in [-0.4, -0.2) is 29.2 Å². The van der Waals surface area contributed by atoms with Crippen molar-refractivity contribution in [2.75, 3.05) is 0 Å². The van der Waals surface area contributed by atoms with E-state index in [0.29, 0.717) is 12.0 Å². The summed E-state index contributed by atoms with van der Waals surface area (Å²) in [6.07, 6.45) is 5.91. The van der Waals surface area contributed by atoms with Crippen LogP contribution >= 0.6 is 0 Å². The van der Waals surface area contributed by atoms with Crippen molar-refractivity contribution >= 4 is 24.2 Å². The van der Waals surface area contributed by atoms with Gasteiger partial charge in [-0.2, -0.15) is 10.2 Å². The van der Waals surface area contributed by atoms with Crippen LogP contribution in [0.4, 0.5) is 0 Å². The third-order valence-electron chi connectivity index (χ3n) is 1.83. The van der Waals surface area contributed by atoms with Crippen LogP contribution < -0.4 is 10.9 Å². The van der Waals surface area contributed by atoms with E-state index in [2.05, 4.69) is 26.0 Å². The van der Waals surface area contributed by atoms with Gasteiger partial charge in [0, 0.05) is 24.4 Å². The number of carbonyl (C=O) groups is 2. The van der Waals surface area contributed by atoms with Gasteiger partial charge in [-0.15, -0.1) is 0 Å². The number of nitrogens with zero attached hydrogens (tertiary/aromatic N) is 3. The molecule has 0 aliphatic rings. The molecule has 0 bridgehead atoms. The molecular weight excluding hydrogens is 234 g/mol. The van der Waals surface area contributed by atoms with E-state index in [4.69, 9.17) is 0 Å². The number of carbonyl (C=O) groups excluding carboxylic acids is 2. The maximum atomic E-state index is 11.5. The van der Waals surface area contributed by atoms with Crippen LogP contribution in [0.2, 0.25) is 0 Å². The van der Waals surface area contributed by atoms with Crippen molar-refractivity contribution in [1.82, 2.24) is 15.8 Å². The molecule has 1 aromatic rings. The zero-order valence-corrected chi connectivity index (χ0v) is 9.83. The molecule has 94 valence electrons. The highest BCUT2D eigenvalue weighted by Gasteiger charge is 2.01. The van der Waals surface area contributed by atoms with Crippen LogP contribution in [0.3, 0.4) is 0 Å². The van der Waals surface area contributed by atoms with Gasteiger partial charge in [0.15, 0.2) is 0 Å². The molecule has 0 aliphatic heterocycles. The van der Waals surface area contributed by atoms with Gasteiger partial charge in [-0.1, -0.05) is 6.92 Å². The number of nitrogens with one attached hydrogen (secondary N) is 2. The number of amides is 2. The largest absolute Gasteiger partial charge is 0.273 e. The topological polar surface area (TPSA) is 95.8 Å². The van der Waals surface area contributed by atoms with Crippen molar-refractivity contribution in [2.45, 2.75) is 13.3 Å². The number of pyridine rings is 1. The first kappa shape index (κ1) is 13.5. The van der Waals surface area contributed by atoms with E-state index >= 15 is 0 Å². The zero-order valence-electron chi connectivity index (χ0n) is 9.83. The lowest BCUT2D eigenvalue weighted by molar-refractivity contribution is -0.120. The Bertz CT molecular complexity index is 456. The van der Waals surface area contributed by atoms with Crippen LogP contribution in [0.15, 0.2) is 34.7 Å². The SMILES string of the molecule is CCC(=O)N/N=C/C=N/NC(=O)c1ccncc1. The minimum Gasteiger partial charge on any atom is -0.273 e. The Kier molecular flexibility index (Phi) is 5.74. The lowest BCUT2D eigenvalue weighted by atomic mass is 10.3. The van der Waals surface area contributed by atoms with Crippen molar-refractivity contribution in [3.63, 3.8) is 0 Å². The lowest BCUT2D eigenvalue weighted by Crippen LogP contribution is -2.18. The molecule has 0 atom stereocenters. The van der Waals surface area contributed by atoms with Gasteiger partial charge in [0.05, 0.1) is 12.4 Å². The van der Waals surface area contributed by atoms with Gasteiger partial charge in [-0.25, -0.2) is 10.9 Å². The van der Waals surface area contributed by atoms with E-state index < -0.39 is 0 Å². The second-order valence-electron chi connectivity index (χ2n) is 3.12. The number of hydrogen-bond donors (Lipinski definition) is 2. The Morgan fingerprint density at radius 3 is 2.44 bits per heavy atom. The lowest BCUT2D eigenvalue weighted by Gasteiger charge is -1.97. The van der Waals surface area contributed by atoms with Gasteiger partial charge >= 0.3 is 0 Å². The van der Waals surface area contributed by atoms with Crippen molar-refractivity contribution in [2.24, 2.45) is 10.2 Å².